The zero-order valence-corrected chi connectivity index (χ0v) is 9.76. The molecule has 1 aliphatic heterocycles. The minimum absolute atomic E-state index is 0.0422. The van der Waals surface area contributed by atoms with Crippen molar-refractivity contribution in [1.82, 2.24) is 10.6 Å². The number of hydrogen-bond donors (Lipinski definition) is 3. The van der Waals surface area contributed by atoms with Gasteiger partial charge >= 0.3 is 5.97 Å². The van der Waals surface area contributed by atoms with E-state index in [1.165, 1.54) is 12.1 Å². The van der Waals surface area contributed by atoms with E-state index in [0.29, 0.717) is 0 Å². The van der Waals surface area contributed by atoms with Crippen LogP contribution in [-0.2, 0) is 0 Å². The summed E-state index contributed by atoms with van der Waals surface area (Å²) in [7, 11) is 0. The van der Waals surface area contributed by atoms with E-state index >= 15 is 0 Å². The molecule has 0 amide bonds. The number of piperazine rings is 1. The molecule has 0 radical (unpaired) electrons. The van der Waals surface area contributed by atoms with Crippen LogP contribution in [0, 0.1) is 10.1 Å². The third-order valence-electron chi connectivity index (χ3n) is 2.28. The molecule has 0 bridgehead atoms. The van der Waals surface area contributed by atoms with Crippen LogP contribution in [-0.4, -0.2) is 42.2 Å². The smallest absolute Gasteiger partial charge is 0.335 e. The molecule has 0 unspecified atom stereocenters. The van der Waals surface area contributed by atoms with Crippen molar-refractivity contribution in [2.45, 2.75) is 0 Å². The standard InChI is InChI=1S/C7H5NO4.C4H10N2/c9-7(10)5-1-3-6(4-2-5)8(11)12;1-2-6-4-3-5-1/h1-4H,(H,9,10);5-6H,1-4H2. The van der Waals surface area contributed by atoms with Crippen LogP contribution in [0.1, 0.15) is 10.4 Å². The molecule has 1 aromatic rings. The first kappa shape index (κ1) is 14.1. The van der Waals surface area contributed by atoms with Crippen molar-refractivity contribution in [1.29, 1.82) is 0 Å². The van der Waals surface area contributed by atoms with Crippen LogP contribution in [0.3, 0.4) is 0 Å². The van der Waals surface area contributed by atoms with Gasteiger partial charge < -0.3 is 15.7 Å². The Morgan fingerprint density at radius 2 is 1.56 bits per heavy atom. The quantitative estimate of drug-likeness (QED) is 0.523. The molecular weight excluding hydrogens is 238 g/mol. The van der Waals surface area contributed by atoms with Crippen LogP contribution < -0.4 is 10.6 Å². The fourth-order valence-electron chi connectivity index (χ4n) is 1.33. The summed E-state index contributed by atoms with van der Waals surface area (Å²) in [6.45, 7) is 4.56. The van der Waals surface area contributed by atoms with Crippen LogP contribution in [0.2, 0.25) is 0 Å². The molecule has 1 aromatic carbocycles. The number of carboxylic acids is 1. The van der Waals surface area contributed by atoms with Gasteiger partial charge in [0.15, 0.2) is 0 Å². The van der Waals surface area contributed by atoms with Crippen molar-refractivity contribution < 1.29 is 14.8 Å². The van der Waals surface area contributed by atoms with Crippen LogP contribution in [0.15, 0.2) is 24.3 Å². The molecule has 1 heterocycles. The lowest BCUT2D eigenvalue weighted by molar-refractivity contribution is -0.384. The molecule has 1 saturated heterocycles. The molecule has 18 heavy (non-hydrogen) atoms. The van der Waals surface area contributed by atoms with Gasteiger partial charge in [0.05, 0.1) is 10.5 Å². The van der Waals surface area contributed by atoms with E-state index in [9.17, 15) is 14.9 Å². The number of carbonyl (C=O) groups is 1. The zero-order valence-electron chi connectivity index (χ0n) is 9.76. The normalized spacial score (nSPS) is 14.2. The lowest BCUT2D eigenvalue weighted by atomic mass is 10.2. The van der Waals surface area contributed by atoms with Crippen LogP contribution in [0.4, 0.5) is 5.69 Å². The number of aromatic carboxylic acids is 1. The Bertz CT molecular complexity index is 357. The number of nitro benzene ring substituents is 1. The van der Waals surface area contributed by atoms with E-state index in [-0.39, 0.29) is 11.3 Å². The fraction of sp³-hybridized carbons (Fsp3) is 0.364. The third-order valence-corrected chi connectivity index (χ3v) is 2.28. The molecule has 2 rings (SSSR count). The molecule has 0 aliphatic carbocycles. The van der Waals surface area contributed by atoms with Crippen molar-refractivity contribution in [2.75, 3.05) is 26.2 Å². The monoisotopic (exact) mass is 253 g/mol. The lowest BCUT2D eigenvalue weighted by Crippen LogP contribution is -2.39. The van der Waals surface area contributed by atoms with Gasteiger partial charge in [-0.3, -0.25) is 10.1 Å². The molecule has 3 N–H and O–H groups in total. The number of nitrogens with zero attached hydrogens (tertiary/aromatic N) is 1. The summed E-state index contributed by atoms with van der Waals surface area (Å²) in [5, 5.41) is 25.0. The highest BCUT2D eigenvalue weighted by Gasteiger charge is 2.06. The summed E-state index contributed by atoms with van der Waals surface area (Å²) >= 11 is 0. The highest BCUT2D eigenvalue weighted by molar-refractivity contribution is 5.87. The summed E-state index contributed by atoms with van der Waals surface area (Å²) < 4.78 is 0. The van der Waals surface area contributed by atoms with Gasteiger partial charge in [-0.25, -0.2) is 4.79 Å². The Morgan fingerprint density at radius 3 is 1.83 bits per heavy atom. The topological polar surface area (TPSA) is 104 Å². The molecule has 1 fully saturated rings. The number of non-ortho nitro benzene ring substituents is 1. The van der Waals surface area contributed by atoms with Crippen LogP contribution in [0.5, 0.6) is 0 Å². The summed E-state index contributed by atoms with van der Waals surface area (Å²) in [6, 6.07) is 4.70. The first-order valence-electron chi connectivity index (χ1n) is 5.50. The van der Waals surface area contributed by atoms with Crippen molar-refractivity contribution in [3.63, 3.8) is 0 Å². The van der Waals surface area contributed by atoms with Gasteiger partial charge in [-0.15, -0.1) is 0 Å². The molecule has 0 aromatic heterocycles. The maximum Gasteiger partial charge on any atom is 0.335 e. The molecule has 0 saturated carbocycles. The summed E-state index contributed by atoms with van der Waals surface area (Å²) in [5.41, 5.74) is -0.0689. The molecule has 0 atom stereocenters. The largest absolute Gasteiger partial charge is 0.478 e. The Labute approximate surface area is 104 Å². The predicted molar refractivity (Wildman–Crippen MR) is 65.8 cm³/mol. The fourth-order valence-corrected chi connectivity index (χ4v) is 1.33. The summed E-state index contributed by atoms with van der Waals surface area (Å²) in [4.78, 5) is 19.9. The highest BCUT2D eigenvalue weighted by Crippen LogP contribution is 2.11. The average Bonchev–Trinajstić information content (AvgIpc) is 2.41. The Kier molecular flexibility index (Phi) is 5.75. The van der Waals surface area contributed by atoms with Crippen molar-refractivity contribution in [3.05, 3.63) is 39.9 Å². The maximum absolute atomic E-state index is 10.3. The van der Waals surface area contributed by atoms with Crippen molar-refractivity contribution >= 4 is 11.7 Å². The highest BCUT2D eigenvalue weighted by atomic mass is 16.6. The van der Waals surface area contributed by atoms with Crippen molar-refractivity contribution in [3.8, 4) is 0 Å². The van der Waals surface area contributed by atoms with E-state index in [1.807, 2.05) is 0 Å². The minimum atomic E-state index is -1.09. The molecular formula is C11H15N3O4. The average molecular weight is 253 g/mol. The number of nitrogens with one attached hydrogen (secondary N) is 2. The van der Waals surface area contributed by atoms with Crippen molar-refractivity contribution in [2.24, 2.45) is 0 Å². The number of nitro groups is 1. The molecule has 7 nitrogen and oxygen atoms in total. The number of rotatable bonds is 2. The molecule has 0 spiro atoms. The van der Waals surface area contributed by atoms with Gasteiger partial charge in [0.2, 0.25) is 0 Å². The second-order valence-corrected chi connectivity index (χ2v) is 3.61. The summed E-state index contributed by atoms with van der Waals surface area (Å²) in [6.07, 6.45) is 0. The first-order chi connectivity index (χ1) is 8.61. The zero-order chi connectivity index (χ0) is 13.4. The van der Waals surface area contributed by atoms with E-state index < -0.39 is 10.9 Å². The van der Waals surface area contributed by atoms with Crippen LogP contribution >= 0.6 is 0 Å². The van der Waals surface area contributed by atoms with Gasteiger partial charge in [0.25, 0.3) is 5.69 Å². The minimum Gasteiger partial charge on any atom is -0.478 e. The SMILES string of the molecule is C1CNCCN1.O=C(O)c1ccc([N+](=O)[O-])cc1. The van der Waals surface area contributed by atoms with Gasteiger partial charge in [0, 0.05) is 38.3 Å². The number of hydrogen-bond acceptors (Lipinski definition) is 5. The van der Waals surface area contributed by atoms with Gasteiger partial charge in [0.1, 0.15) is 0 Å². The van der Waals surface area contributed by atoms with E-state index in [0.717, 1.165) is 38.3 Å². The van der Waals surface area contributed by atoms with Gasteiger partial charge in [-0.05, 0) is 12.1 Å². The molecule has 7 heteroatoms. The third kappa shape index (κ3) is 4.89. The van der Waals surface area contributed by atoms with E-state index in [1.54, 1.807) is 0 Å². The second kappa shape index (κ2) is 7.36. The predicted octanol–water partition coefficient (Wildman–Crippen LogP) is 0.472. The maximum atomic E-state index is 10.3. The summed E-state index contributed by atoms with van der Waals surface area (Å²) in [5.74, 6) is -1.09. The van der Waals surface area contributed by atoms with E-state index in [2.05, 4.69) is 10.6 Å². The molecule has 98 valence electrons. The van der Waals surface area contributed by atoms with Crippen LogP contribution in [0.25, 0.3) is 0 Å². The number of benzene rings is 1. The second-order valence-electron chi connectivity index (χ2n) is 3.61. The van der Waals surface area contributed by atoms with Gasteiger partial charge in [-0.1, -0.05) is 0 Å². The Morgan fingerprint density at radius 1 is 1.11 bits per heavy atom. The number of carboxylic acid groups (broad SMARTS) is 1. The lowest BCUT2D eigenvalue weighted by Gasteiger charge is -2.11. The van der Waals surface area contributed by atoms with E-state index in [4.69, 9.17) is 5.11 Å². The Hall–Kier alpha value is -1.99. The Balaban J connectivity index is 0.000000225. The first-order valence-corrected chi connectivity index (χ1v) is 5.50. The van der Waals surface area contributed by atoms with Gasteiger partial charge in [-0.2, -0.15) is 0 Å². The molecule has 1 aliphatic rings.